The fourth-order valence-electron chi connectivity index (χ4n) is 1.89. The number of sulfone groups is 1. The zero-order valence-corrected chi connectivity index (χ0v) is 15.1. The van der Waals surface area contributed by atoms with Gasteiger partial charge in [0.1, 0.15) is 4.90 Å². The molecule has 0 aromatic heterocycles. The van der Waals surface area contributed by atoms with Crippen LogP contribution >= 0.6 is 23.2 Å². The van der Waals surface area contributed by atoms with E-state index in [1.165, 1.54) is 30.3 Å². The van der Waals surface area contributed by atoms with Gasteiger partial charge in [-0.05, 0) is 29.8 Å². The van der Waals surface area contributed by atoms with E-state index >= 15 is 0 Å². The number of sulfonamides is 1. The Morgan fingerprint density at radius 3 is 2.13 bits per heavy atom. The van der Waals surface area contributed by atoms with Gasteiger partial charge in [-0.2, -0.15) is 0 Å². The van der Waals surface area contributed by atoms with Crippen molar-refractivity contribution in [1.82, 2.24) is 4.72 Å². The standard InChI is InChI=1S/C14H13Cl2NO4S2/c1-22(18,19)13-4-2-3-5-14(13)23(20,21)17-9-10-6-7-11(15)8-12(10)16/h2-8,17H,9H2,1H3. The van der Waals surface area contributed by atoms with Gasteiger partial charge in [0.05, 0.1) is 4.90 Å². The largest absolute Gasteiger partial charge is 0.242 e. The minimum atomic E-state index is -4.02. The predicted octanol–water partition coefficient (Wildman–Crippen LogP) is 2.88. The van der Waals surface area contributed by atoms with E-state index in [0.29, 0.717) is 15.6 Å². The summed E-state index contributed by atoms with van der Waals surface area (Å²) >= 11 is 11.8. The van der Waals surface area contributed by atoms with Gasteiger partial charge in [-0.25, -0.2) is 21.6 Å². The number of rotatable bonds is 5. The first kappa shape index (κ1) is 18.2. The molecule has 0 atom stereocenters. The van der Waals surface area contributed by atoms with E-state index in [0.717, 1.165) is 6.26 Å². The molecule has 0 aliphatic carbocycles. The van der Waals surface area contributed by atoms with Crippen molar-refractivity contribution in [3.05, 3.63) is 58.1 Å². The van der Waals surface area contributed by atoms with Crippen LogP contribution in [0.25, 0.3) is 0 Å². The van der Waals surface area contributed by atoms with Crippen LogP contribution in [0.15, 0.2) is 52.3 Å². The van der Waals surface area contributed by atoms with Gasteiger partial charge in [-0.1, -0.05) is 41.4 Å². The molecule has 0 amide bonds. The summed E-state index contributed by atoms with van der Waals surface area (Å²) in [6.07, 6.45) is 0.956. The van der Waals surface area contributed by atoms with E-state index in [1.54, 1.807) is 12.1 Å². The molecule has 0 saturated carbocycles. The fraction of sp³-hybridized carbons (Fsp3) is 0.143. The van der Waals surface area contributed by atoms with Crippen LogP contribution in [0, 0.1) is 0 Å². The summed E-state index contributed by atoms with van der Waals surface area (Å²) in [7, 11) is -7.70. The number of halogens is 2. The summed E-state index contributed by atoms with van der Waals surface area (Å²) < 4.78 is 50.6. The summed E-state index contributed by atoms with van der Waals surface area (Å²) in [4.78, 5) is -0.553. The normalized spacial score (nSPS) is 12.3. The van der Waals surface area contributed by atoms with E-state index in [9.17, 15) is 16.8 Å². The molecule has 0 saturated heterocycles. The lowest BCUT2D eigenvalue weighted by atomic mass is 10.2. The zero-order chi connectivity index (χ0) is 17.3. The first-order chi connectivity index (χ1) is 10.6. The minimum absolute atomic E-state index is 0.0869. The van der Waals surface area contributed by atoms with Crippen LogP contribution in [-0.4, -0.2) is 23.1 Å². The summed E-state index contributed by atoms with van der Waals surface area (Å²) in [5.41, 5.74) is 0.525. The Kier molecular flexibility index (Phi) is 5.37. The van der Waals surface area contributed by atoms with Gasteiger partial charge in [0.15, 0.2) is 9.84 Å². The van der Waals surface area contributed by atoms with Crippen LogP contribution in [0.1, 0.15) is 5.56 Å². The highest BCUT2D eigenvalue weighted by Gasteiger charge is 2.23. The van der Waals surface area contributed by atoms with Gasteiger partial charge in [0.2, 0.25) is 10.0 Å². The van der Waals surface area contributed by atoms with Crippen LogP contribution in [0.2, 0.25) is 10.0 Å². The van der Waals surface area contributed by atoms with Crippen molar-refractivity contribution in [2.45, 2.75) is 16.3 Å². The first-order valence-electron chi connectivity index (χ1n) is 6.34. The Bertz CT molecular complexity index is 941. The maximum atomic E-state index is 12.4. The molecular formula is C14H13Cl2NO4S2. The Morgan fingerprint density at radius 1 is 0.957 bits per heavy atom. The number of nitrogens with one attached hydrogen (secondary N) is 1. The quantitative estimate of drug-likeness (QED) is 0.846. The lowest BCUT2D eigenvalue weighted by molar-refractivity contribution is 0.574. The second kappa shape index (κ2) is 6.78. The highest BCUT2D eigenvalue weighted by atomic mass is 35.5. The molecule has 9 heteroatoms. The molecule has 124 valence electrons. The maximum absolute atomic E-state index is 12.4. The minimum Gasteiger partial charge on any atom is -0.224 e. The molecule has 2 aromatic rings. The molecule has 0 radical (unpaired) electrons. The van der Waals surface area contributed by atoms with Gasteiger partial charge in [-0.3, -0.25) is 0 Å². The van der Waals surface area contributed by atoms with Crippen molar-refractivity contribution in [2.75, 3.05) is 6.26 Å². The molecule has 0 fully saturated rings. The number of hydrogen-bond acceptors (Lipinski definition) is 4. The Balaban J connectivity index is 2.34. The van der Waals surface area contributed by atoms with Gasteiger partial charge in [-0.15, -0.1) is 0 Å². The van der Waals surface area contributed by atoms with E-state index < -0.39 is 19.9 Å². The predicted molar refractivity (Wildman–Crippen MR) is 90.0 cm³/mol. The smallest absolute Gasteiger partial charge is 0.224 e. The third kappa shape index (κ3) is 4.45. The molecular weight excluding hydrogens is 381 g/mol. The van der Waals surface area contributed by atoms with Crippen LogP contribution in [0.4, 0.5) is 0 Å². The van der Waals surface area contributed by atoms with Crippen molar-refractivity contribution in [3.8, 4) is 0 Å². The lowest BCUT2D eigenvalue weighted by Gasteiger charge is -2.11. The molecule has 5 nitrogen and oxygen atoms in total. The van der Waals surface area contributed by atoms with Crippen LogP contribution < -0.4 is 4.72 Å². The molecule has 2 rings (SSSR count). The Hall–Kier alpha value is -1.12. The van der Waals surface area contributed by atoms with Gasteiger partial charge in [0.25, 0.3) is 0 Å². The lowest BCUT2D eigenvalue weighted by Crippen LogP contribution is -2.25. The molecule has 0 heterocycles. The molecule has 23 heavy (non-hydrogen) atoms. The van der Waals surface area contributed by atoms with Crippen LogP contribution in [-0.2, 0) is 26.4 Å². The van der Waals surface area contributed by atoms with Crippen molar-refractivity contribution in [3.63, 3.8) is 0 Å². The third-order valence-corrected chi connectivity index (χ3v) is 6.34. The van der Waals surface area contributed by atoms with Gasteiger partial charge < -0.3 is 0 Å². The first-order valence-corrected chi connectivity index (χ1v) is 10.5. The van der Waals surface area contributed by atoms with Crippen LogP contribution in [0.5, 0.6) is 0 Å². The molecule has 0 bridgehead atoms. The summed E-state index contributed by atoms with van der Waals surface area (Å²) in [6, 6.07) is 10.1. The van der Waals surface area contributed by atoms with Gasteiger partial charge in [0, 0.05) is 22.8 Å². The van der Waals surface area contributed by atoms with Crippen molar-refractivity contribution in [1.29, 1.82) is 0 Å². The second-order valence-corrected chi connectivity index (χ2v) is 9.34. The fourth-order valence-corrected chi connectivity index (χ4v) is 5.00. The molecule has 1 N–H and O–H groups in total. The van der Waals surface area contributed by atoms with Crippen LogP contribution in [0.3, 0.4) is 0 Å². The third-order valence-electron chi connectivity index (χ3n) is 3.01. The molecule has 0 aliphatic heterocycles. The van der Waals surface area contributed by atoms with Crippen molar-refractivity contribution < 1.29 is 16.8 Å². The van der Waals surface area contributed by atoms with E-state index in [-0.39, 0.29) is 16.3 Å². The SMILES string of the molecule is CS(=O)(=O)c1ccccc1S(=O)(=O)NCc1ccc(Cl)cc1Cl. The average Bonchev–Trinajstić information content (AvgIpc) is 2.45. The Morgan fingerprint density at radius 2 is 1.57 bits per heavy atom. The molecule has 0 spiro atoms. The summed E-state index contributed by atoms with van der Waals surface area (Å²) in [6.45, 7) is -0.0869. The Labute approximate surface area is 145 Å². The van der Waals surface area contributed by atoms with E-state index in [4.69, 9.17) is 23.2 Å². The second-order valence-electron chi connectivity index (χ2n) is 4.78. The maximum Gasteiger partial charge on any atom is 0.242 e. The molecule has 0 unspecified atom stereocenters. The number of hydrogen-bond donors (Lipinski definition) is 1. The average molecular weight is 394 g/mol. The van der Waals surface area contributed by atoms with E-state index in [1.807, 2.05) is 0 Å². The molecule has 2 aromatic carbocycles. The summed E-state index contributed by atoms with van der Waals surface area (Å²) in [5.74, 6) is 0. The highest BCUT2D eigenvalue weighted by Crippen LogP contribution is 2.23. The topological polar surface area (TPSA) is 80.3 Å². The zero-order valence-electron chi connectivity index (χ0n) is 12.0. The van der Waals surface area contributed by atoms with Crippen molar-refractivity contribution >= 4 is 43.1 Å². The highest BCUT2D eigenvalue weighted by molar-refractivity contribution is 7.93. The van der Waals surface area contributed by atoms with E-state index in [2.05, 4.69) is 4.72 Å². The summed E-state index contributed by atoms with van der Waals surface area (Å²) in [5, 5.41) is 0.751. The monoisotopic (exact) mass is 393 g/mol. The van der Waals surface area contributed by atoms with Crippen molar-refractivity contribution in [2.24, 2.45) is 0 Å². The molecule has 0 aliphatic rings. The van der Waals surface area contributed by atoms with Gasteiger partial charge >= 0.3 is 0 Å². The number of benzene rings is 2.